The van der Waals surface area contributed by atoms with E-state index >= 15 is 0 Å². The van der Waals surface area contributed by atoms with Gasteiger partial charge in [-0.2, -0.15) is 0 Å². The fraction of sp³-hybridized carbons (Fsp3) is 0.600. The molecule has 1 aliphatic rings. The van der Waals surface area contributed by atoms with E-state index in [4.69, 9.17) is 10.5 Å². The first-order valence-electron chi connectivity index (χ1n) is 6.93. The van der Waals surface area contributed by atoms with Crippen LogP contribution < -0.4 is 5.73 Å². The molecule has 0 radical (unpaired) electrons. The van der Waals surface area contributed by atoms with Gasteiger partial charge in [0, 0.05) is 32.3 Å². The molecule has 1 saturated heterocycles. The van der Waals surface area contributed by atoms with E-state index in [-0.39, 0.29) is 18.0 Å². The predicted octanol–water partition coefficient (Wildman–Crippen LogP) is 2.24. The van der Waals surface area contributed by atoms with Crippen molar-refractivity contribution >= 4 is 0 Å². The monoisotopic (exact) mass is 266 g/mol. The zero-order valence-corrected chi connectivity index (χ0v) is 11.7. The molecule has 0 saturated carbocycles. The molecule has 2 atom stereocenters. The highest BCUT2D eigenvalue weighted by atomic mass is 19.1. The summed E-state index contributed by atoms with van der Waals surface area (Å²) in [6, 6.07) is 5.10. The molecular weight excluding hydrogens is 243 g/mol. The van der Waals surface area contributed by atoms with Crippen LogP contribution in [0, 0.1) is 12.7 Å². The average Bonchev–Trinajstić information content (AvgIpc) is 2.58. The zero-order valence-electron chi connectivity index (χ0n) is 11.7. The summed E-state index contributed by atoms with van der Waals surface area (Å²) in [7, 11) is 0. The third kappa shape index (κ3) is 3.53. The van der Waals surface area contributed by atoms with Crippen molar-refractivity contribution in [3.05, 3.63) is 35.1 Å². The summed E-state index contributed by atoms with van der Waals surface area (Å²) in [6.45, 7) is 7.22. The van der Waals surface area contributed by atoms with Gasteiger partial charge >= 0.3 is 0 Å². The summed E-state index contributed by atoms with van der Waals surface area (Å²) in [4.78, 5) is 2.36. The van der Waals surface area contributed by atoms with Crippen LogP contribution in [-0.4, -0.2) is 37.2 Å². The van der Waals surface area contributed by atoms with Crippen molar-refractivity contribution in [2.45, 2.75) is 32.4 Å². The average molecular weight is 266 g/mol. The Balaban J connectivity index is 2.22. The molecule has 1 aromatic carbocycles. The summed E-state index contributed by atoms with van der Waals surface area (Å²) in [6.07, 6.45) is 1.23. The SMILES string of the molecule is Cc1cc(F)ccc1C(CN)N1CCCOC(C)C1. The van der Waals surface area contributed by atoms with E-state index in [0.717, 1.165) is 37.2 Å². The van der Waals surface area contributed by atoms with Crippen LogP contribution in [0.25, 0.3) is 0 Å². The predicted molar refractivity (Wildman–Crippen MR) is 74.5 cm³/mol. The van der Waals surface area contributed by atoms with Gasteiger partial charge in [-0.25, -0.2) is 4.39 Å². The molecule has 1 heterocycles. The highest BCUT2D eigenvalue weighted by Crippen LogP contribution is 2.25. The number of benzene rings is 1. The van der Waals surface area contributed by atoms with Crippen LogP contribution in [0.15, 0.2) is 18.2 Å². The fourth-order valence-corrected chi connectivity index (χ4v) is 2.80. The number of aryl methyl sites for hydroxylation is 1. The van der Waals surface area contributed by atoms with Crippen molar-refractivity contribution in [2.24, 2.45) is 5.73 Å². The second kappa shape index (κ2) is 6.46. The lowest BCUT2D eigenvalue weighted by Gasteiger charge is -2.32. The van der Waals surface area contributed by atoms with Gasteiger partial charge in [-0.05, 0) is 43.5 Å². The van der Waals surface area contributed by atoms with Crippen LogP contribution in [0.5, 0.6) is 0 Å². The Hall–Kier alpha value is -0.970. The number of nitrogens with two attached hydrogens (primary N) is 1. The first-order chi connectivity index (χ1) is 9.11. The van der Waals surface area contributed by atoms with Gasteiger partial charge in [-0.1, -0.05) is 6.07 Å². The summed E-state index contributed by atoms with van der Waals surface area (Å²) in [5.41, 5.74) is 8.05. The molecule has 4 heteroatoms. The van der Waals surface area contributed by atoms with E-state index in [2.05, 4.69) is 11.8 Å². The quantitative estimate of drug-likeness (QED) is 0.912. The van der Waals surface area contributed by atoms with Crippen molar-refractivity contribution in [1.82, 2.24) is 4.90 Å². The molecule has 2 unspecified atom stereocenters. The Morgan fingerprint density at radius 2 is 2.32 bits per heavy atom. The van der Waals surface area contributed by atoms with Gasteiger partial charge in [0.05, 0.1) is 6.10 Å². The van der Waals surface area contributed by atoms with Gasteiger partial charge in [-0.15, -0.1) is 0 Å². The Kier molecular flexibility index (Phi) is 4.91. The van der Waals surface area contributed by atoms with Crippen molar-refractivity contribution in [3.8, 4) is 0 Å². The van der Waals surface area contributed by atoms with Crippen molar-refractivity contribution in [1.29, 1.82) is 0 Å². The standard InChI is InChI=1S/C15H23FN2O/c1-11-8-13(16)4-5-14(11)15(9-17)18-6-3-7-19-12(2)10-18/h4-5,8,12,15H,3,6-7,9-10,17H2,1-2H3. The molecule has 0 amide bonds. The summed E-state index contributed by atoms with van der Waals surface area (Å²) in [5, 5.41) is 0. The van der Waals surface area contributed by atoms with Crippen LogP contribution in [0.4, 0.5) is 4.39 Å². The first kappa shape index (κ1) is 14.4. The van der Waals surface area contributed by atoms with Crippen molar-refractivity contribution in [2.75, 3.05) is 26.2 Å². The Labute approximate surface area is 114 Å². The lowest BCUT2D eigenvalue weighted by atomic mass is 9.99. The maximum absolute atomic E-state index is 13.2. The number of rotatable bonds is 3. The van der Waals surface area contributed by atoms with Crippen LogP contribution in [0.3, 0.4) is 0 Å². The minimum atomic E-state index is -0.190. The molecule has 106 valence electrons. The van der Waals surface area contributed by atoms with Crippen LogP contribution in [0.1, 0.15) is 30.5 Å². The molecule has 3 nitrogen and oxygen atoms in total. The highest BCUT2D eigenvalue weighted by molar-refractivity contribution is 5.30. The Morgan fingerprint density at radius 1 is 1.53 bits per heavy atom. The summed E-state index contributed by atoms with van der Waals surface area (Å²) < 4.78 is 18.9. The molecule has 1 aromatic rings. The van der Waals surface area contributed by atoms with Gasteiger partial charge in [0.25, 0.3) is 0 Å². The topological polar surface area (TPSA) is 38.5 Å². The third-order valence-electron chi connectivity index (χ3n) is 3.74. The highest BCUT2D eigenvalue weighted by Gasteiger charge is 2.24. The van der Waals surface area contributed by atoms with Gasteiger partial charge in [0.15, 0.2) is 0 Å². The molecule has 0 aromatic heterocycles. The van der Waals surface area contributed by atoms with E-state index in [1.807, 2.05) is 13.0 Å². The smallest absolute Gasteiger partial charge is 0.123 e. The van der Waals surface area contributed by atoms with Gasteiger partial charge in [-0.3, -0.25) is 4.90 Å². The van der Waals surface area contributed by atoms with Crippen molar-refractivity contribution < 1.29 is 9.13 Å². The lowest BCUT2D eigenvalue weighted by Crippen LogP contribution is -2.38. The number of hydrogen-bond donors (Lipinski definition) is 1. The van der Waals surface area contributed by atoms with Crippen LogP contribution >= 0.6 is 0 Å². The minimum Gasteiger partial charge on any atom is -0.377 e. The van der Waals surface area contributed by atoms with Crippen LogP contribution in [0.2, 0.25) is 0 Å². The molecule has 2 N–H and O–H groups in total. The van der Waals surface area contributed by atoms with Gasteiger partial charge < -0.3 is 10.5 Å². The van der Waals surface area contributed by atoms with E-state index in [9.17, 15) is 4.39 Å². The van der Waals surface area contributed by atoms with Crippen LogP contribution in [-0.2, 0) is 4.74 Å². The second-order valence-corrected chi connectivity index (χ2v) is 5.28. The fourth-order valence-electron chi connectivity index (χ4n) is 2.80. The zero-order chi connectivity index (χ0) is 13.8. The maximum Gasteiger partial charge on any atom is 0.123 e. The van der Waals surface area contributed by atoms with E-state index in [1.165, 1.54) is 6.07 Å². The number of halogens is 1. The summed E-state index contributed by atoms with van der Waals surface area (Å²) in [5.74, 6) is -0.190. The first-order valence-corrected chi connectivity index (χ1v) is 6.93. The molecule has 19 heavy (non-hydrogen) atoms. The molecular formula is C15H23FN2O. The normalized spacial score (nSPS) is 23.1. The maximum atomic E-state index is 13.2. The number of hydrogen-bond acceptors (Lipinski definition) is 3. The third-order valence-corrected chi connectivity index (χ3v) is 3.74. The minimum absolute atomic E-state index is 0.143. The molecule has 1 aliphatic heterocycles. The Bertz CT molecular complexity index is 425. The molecule has 0 aliphatic carbocycles. The molecule has 0 bridgehead atoms. The second-order valence-electron chi connectivity index (χ2n) is 5.28. The molecule has 0 spiro atoms. The number of nitrogens with zero attached hydrogens (tertiary/aromatic N) is 1. The summed E-state index contributed by atoms with van der Waals surface area (Å²) >= 11 is 0. The molecule has 2 rings (SSSR count). The van der Waals surface area contributed by atoms with E-state index in [1.54, 1.807) is 6.07 Å². The molecule has 1 fully saturated rings. The number of ether oxygens (including phenoxy) is 1. The van der Waals surface area contributed by atoms with Gasteiger partial charge in [0.2, 0.25) is 0 Å². The van der Waals surface area contributed by atoms with E-state index in [0.29, 0.717) is 6.54 Å². The van der Waals surface area contributed by atoms with Crippen molar-refractivity contribution in [3.63, 3.8) is 0 Å². The largest absolute Gasteiger partial charge is 0.377 e. The lowest BCUT2D eigenvalue weighted by molar-refractivity contribution is 0.0611. The Morgan fingerprint density at radius 3 is 3.00 bits per heavy atom. The van der Waals surface area contributed by atoms with E-state index < -0.39 is 0 Å². The van der Waals surface area contributed by atoms with Gasteiger partial charge in [0.1, 0.15) is 5.82 Å².